The lowest BCUT2D eigenvalue weighted by Crippen LogP contribution is -2.49. The van der Waals surface area contributed by atoms with Crippen molar-refractivity contribution in [3.8, 4) is 39.3 Å². The Balaban J connectivity index is 0.000000270. The minimum Gasteiger partial charge on any atom is -0.359 e. The SMILES string of the molecule is C.C.C.C.C.C.CC(C)c1cccc(C(C)C)c1-n1c(C(C)(C)C)[n+](C)c2ccccc21.C[C@H]1N(C)C=CN1C(C)(C)C.C[C@H]1N(C)c2cc(C(C)(C)C)ccc2N1C(C)(C)C.C[C@H]1N(C)c2ccc(C(C)(C)C)cc2N1C(C)(C)C.C[C@H]1N(C)c2ccccc2N1C(C)(C)C.C[n+]1c(C(C)(C)C)n(-c2c(-c3ccccc3)cccc2-c2ccccc2)c2ccccc21.Cc1cccc(C)c1-n1c(C(C)(C)C)[n+](C)c2ccccc21. The van der Waals surface area contributed by atoms with Crippen molar-refractivity contribution in [3.05, 3.63) is 312 Å². The summed E-state index contributed by atoms with van der Waals surface area (Å²) < 4.78 is 14.5. The number of anilines is 6. The van der Waals surface area contributed by atoms with Crippen molar-refractivity contribution in [3.63, 3.8) is 0 Å². The Hall–Kier alpha value is -12.0. The van der Waals surface area contributed by atoms with E-state index in [9.17, 15) is 0 Å². The predicted molar refractivity (Wildman–Crippen MR) is 663 cm³/mol. The summed E-state index contributed by atoms with van der Waals surface area (Å²) in [6, 6.07) is 90.1. The number of rotatable bonds is 7. The van der Waals surface area contributed by atoms with Crippen molar-refractivity contribution in [1.29, 1.82) is 0 Å². The first-order valence-corrected chi connectivity index (χ1v) is 52.9. The maximum atomic E-state index is 2.53. The van der Waals surface area contributed by atoms with E-state index in [0.29, 0.717) is 36.5 Å². The Morgan fingerprint density at radius 3 is 0.873 bits per heavy atom. The van der Waals surface area contributed by atoms with Crippen LogP contribution in [0.15, 0.2) is 261 Å². The Bertz CT molecular complexity index is 6720. The van der Waals surface area contributed by atoms with Gasteiger partial charge < -0.3 is 39.2 Å². The lowest BCUT2D eigenvalue weighted by molar-refractivity contribution is -0.657. The molecule has 0 saturated carbocycles. The monoisotopic (exact) mass is 2030 g/mol. The van der Waals surface area contributed by atoms with E-state index in [4.69, 9.17) is 0 Å². The summed E-state index contributed by atoms with van der Waals surface area (Å²) in [5, 5.41) is 0. The molecule has 0 N–H and O–H groups in total. The predicted octanol–water partition coefficient (Wildman–Crippen LogP) is 35.0. The molecule has 0 saturated heterocycles. The number of imidazole rings is 3. The number of benzene rings is 11. The molecule has 0 bridgehead atoms. The normalized spacial score (nSPS) is 15.4. The van der Waals surface area contributed by atoms with Crippen LogP contribution >= 0.6 is 0 Å². The number of aromatic nitrogens is 6. The summed E-state index contributed by atoms with van der Waals surface area (Å²) >= 11 is 0. The van der Waals surface area contributed by atoms with E-state index in [-0.39, 0.29) is 93.8 Å². The molecule has 11 aromatic carbocycles. The largest absolute Gasteiger partial charge is 0.359 e. The topological polar surface area (TPSA) is 52.4 Å². The average molecular weight is 2040 g/mol. The van der Waals surface area contributed by atoms with Gasteiger partial charge in [-0.05, 0) is 316 Å². The van der Waals surface area contributed by atoms with Gasteiger partial charge in [-0.3, -0.25) is 0 Å². The van der Waals surface area contributed by atoms with E-state index < -0.39 is 0 Å². The smallest absolute Gasteiger partial charge is 0.267 e. The van der Waals surface area contributed by atoms with Gasteiger partial charge in [-0.25, -0.2) is 13.7 Å². The van der Waals surface area contributed by atoms with Crippen molar-refractivity contribution >= 4 is 67.2 Å². The zero-order chi connectivity index (χ0) is 107. The molecule has 7 heterocycles. The Morgan fingerprint density at radius 2 is 0.547 bits per heavy atom. The second kappa shape index (κ2) is 48.3. The molecule has 4 atom stereocenters. The van der Waals surface area contributed by atoms with Crippen LogP contribution in [0.3, 0.4) is 0 Å². The van der Waals surface area contributed by atoms with Crippen LogP contribution in [-0.4, -0.2) is 98.5 Å². The fourth-order valence-electron chi connectivity index (χ4n) is 22.4. The van der Waals surface area contributed by atoms with Gasteiger partial charge >= 0.3 is 0 Å². The standard InChI is InChI=1S/C30H29N2.C24H33N2.C20H25N2.2C17H28N2.C13H20N2.C9H18N2.6CH4/c1-30(2,3)29-31(4)26-20-11-12-21-27(26)32(29)28-24(22-14-7-5-8-15-22)18-13-19-25(28)23-16-9-6-10-17-23;1-16(2)18-12-11-13-19(17(3)4)22(18)26-21-15-10-9-14-20(21)25(8)23(26)24(5,6)7;1-14-10-9-11-15(2)18(14)22-17-13-8-7-12-16(17)21(6)19(22)20(3,4)5;1-12-18(8)15-11-13(16(2,3)4)9-10-14(15)19(12)17(5,6)7;1-12-18(8)14-10-9-13(16(2,3)4)11-15(14)19(12)17(5,6)7;1-10-14(5)11-8-6-7-9-12(11)15(10)13(2,3)4;1-8-10(5)6-7-11(8)9(2,3)4;;;;;;/h5-21H,1-4H3;9-17H,1-8H3;7-13H,1-6H3;2*9-12H,1-8H3;6-10H,1-5H3;6-8H,1-5H3;6*1H4/q3*+1;;;;;;;;;;/t;;;2*12-;10-;8-;;;;;;/m...0000....../s1. The Labute approximate surface area is 914 Å². The van der Waals surface area contributed by atoms with Crippen molar-refractivity contribution in [2.24, 2.45) is 21.1 Å². The zero-order valence-electron chi connectivity index (χ0n) is 97.1. The van der Waals surface area contributed by atoms with Crippen molar-refractivity contribution < 1.29 is 13.7 Å². The van der Waals surface area contributed by atoms with Crippen molar-refractivity contribution in [2.75, 3.05) is 57.6 Å². The molecule has 4 aliphatic heterocycles. The van der Waals surface area contributed by atoms with Crippen LogP contribution in [0.25, 0.3) is 72.4 Å². The van der Waals surface area contributed by atoms with Crippen molar-refractivity contribution in [2.45, 2.75) is 386 Å². The quantitative estimate of drug-likeness (QED) is 0.146. The summed E-state index contributed by atoms with van der Waals surface area (Å²) in [5.41, 5.74) is 33.9. The third kappa shape index (κ3) is 26.3. The summed E-state index contributed by atoms with van der Waals surface area (Å²) in [7, 11) is 15.2. The van der Waals surface area contributed by atoms with Gasteiger partial charge in [-0.1, -0.05) is 290 Å². The van der Waals surface area contributed by atoms with Crippen LogP contribution in [0.2, 0.25) is 0 Å². The first-order valence-electron chi connectivity index (χ1n) is 52.9. The molecule has 18 rings (SSSR count). The lowest BCUT2D eigenvalue weighted by Gasteiger charge is -2.39. The summed E-state index contributed by atoms with van der Waals surface area (Å²) in [4.78, 5) is 19.2. The van der Waals surface area contributed by atoms with Gasteiger partial charge in [0.2, 0.25) is 0 Å². The maximum Gasteiger partial charge on any atom is 0.267 e. The zero-order valence-corrected chi connectivity index (χ0v) is 97.1. The Kier molecular flexibility index (Phi) is 40.8. The van der Waals surface area contributed by atoms with Crippen LogP contribution in [0, 0.1) is 13.8 Å². The number of hydrogen-bond donors (Lipinski definition) is 0. The van der Waals surface area contributed by atoms with Gasteiger partial charge in [0.05, 0.1) is 96.2 Å². The molecule has 4 aliphatic rings. The van der Waals surface area contributed by atoms with Gasteiger partial charge in [0.1, 0.15) is 17.1 Å². The maximum absolute atomic E-state index is 2.53. The van der Waals surface area contributed by atoms with Gasteiger partial charge in [0.15, 0.2) is 33.1 Å². The van der Waals surface area contributed by atoms with Crippen LogP contribution in [-0.2, 0) is 48.2 Å². The molecular formula is C136H205N14+3. The number of fused-ring (bicyclic) bond motifs is 6. The fraction of sp³-hybridized carbons (Fsp3) is 0.478. The molecular weight excluding hydrogens is 1830 g/mol. The van der Waals surface area contributed by atoms with E-state index in [1.807, 2.05) is 0 Å². The van der Waals surface area contributed by atoms with E-state index in [1.54, 1.807) is 0 Å². The molecule has 150 heavy (non-hydrogen) atoms. The first-order chi connectivity index (χ1) is 66.8. The molecule has 0 fully saturated rings. The number of nitrogens with zero attached hydrogens (tertiary/aromatic N) is 14. The average Bonchev–Trinajstić information content (AvgIpc) is 1.55. The molecule has 0 amide bonds. The number of aryl methyl sites for hydroxylation is 5. The third-order valence-electron chi connectivity index (χ3n) is 29.4. The third-order valence-corrected chi connectivity index (χ3v) is 29.4. The molecule has 0 unspecified atom stereocenters. The molecule has 0 spiro atoms. The fourth-order valence-corrected chi connectivity index (χ4v) is 22.4. The van der Waals surface area contributed by atoms with Gasteiger partial charge in [-0.2, -0.15) is 13.7 Å². The van der Waals surface area contributed by atoms with E-state index in [1.165, 1.54) is 157 Å². The minimum absolute atomic E-state index is 0. The lowest BCUT2D eigenvalue weighted by atomic mass is 9.86. The number of hydrogen-bond acceptors (Lipinski definition) is 8. The highest BCUT2D eigenvalue weighted by Gasteiger charge is 2.44. The molecule has 14 nitrogen and oxygen atoms in total. The van der Waals surface area contributed by atoms with Crippen LogP contribution in [0.1, 0.15) is 350 Å². The van der Waals surface area contributed by atoms with Crippen LogP contribution < -0.4 is 43.1 Å². The van der Waals surface area contributed by atoms with E-state index in [2.05, 4.69) is 633 Å². The summed E-state index contributed by atoms with van der Waals surface area (Å²) in [6.45, 7) is 84.1. The van der Waals surface area contributed by atoms with Crippen molar-refractivity contribution in [1.82, 2.24) is 23.5 Å². The summed E-state index contributed by atoms with van der Waals surface area (Å²) in [5.74, 6) is 4.89. The van der Waals surface area contributed by atoms with Gasteiger partial charge in [-0.15, -0.1) is 0 Å². The second-order valence-corrected chi connectivity index (χ2v) is 50.6. The minimum atomic E-state index is -0.0501. The second-order valence-electron chi connectivity index (χ2n) is 50.6. The van der Waals surface area contributed by atoms with Gasteiger partial charge in [0, 0.05) is 85.0 Å². The van der Waals surface area contributed by atoms with E-state index in [0.717, 1.165) is 0 Å². The van der Waals surface area contributed by atoms with Crippen LogP contribution in [0.4, 0.5) is 34.1 Å². The molecule has 14 aromatic rings. The molecule has 3 aromatic heterocycles. The summed E-state index contributed by atoms with van der Waals surface area (Å²) in [6.07, 6.45) is 6.02. The van der Waals surface area contributed by atoms with Gasteiger partial charge in [0.25, 0.3) is 17.5 Å². The first kappa shape index (κ1) is 127. The Morgan fingerprint density at radius 1 is 0.260 bits per heavy atom. The molecule has 0 radical (unpaired) electrons. The number of para-hydroxylation sites is 11. The highest BCUT2D eigenvalue weighted by molar-refractivity contribution is 5.90. The van der Waals surface area contributed by atoms with Crippen LogP contribution in [0.5, 0.6) is 0 Å². The molecule has 816 valence electrons. The highest BCUT2D eigenvalue weighted by Crippen LogP contribution is 2.49. The highest BCUT2D eigenvalue weighted by atomic mass is 15.4. The molecule has 14 heteroatoms. The molecule has 0 aliphatic carbocycles. The van der Waals surface area contributed by atoms with E-state index >= 15 is 0 Å².